The second-order valence-electron chi connectivity index (χ2n) is 21.9. The van der Waals surface area contributed by atoms with Crippen LogP contribution < -0.4 is 0 Å². The van der Waals surface area contributed by atoms with Crippen molar-refractivity contribution < 1.29 is 133 Å². The van der Waals surface area contributed by atoms with Gasteiger partial charge in [-0.3, -0.25) is 39.9 Å². The van der Waals surface area contributed by atoms with Gasteiger partial charge in [0.15, 0.2) is 0 Å². The van der Waals surface area contributed by atoms with Gasteiger partial charge in [-0.15, -0.1) is 0 Å². The monoisotopic (exact) mass is 2450 g/mol. The van der Waals surface area contributed by atoms with Crippen LogP contribution in [-0.4, -0.2) is 59.8 Å². The van der Waals surface area contributed by atoms with Crippen molar-refractivity contribution in [1.82, 2.24) is 59.8 Å². The largest absolute Gasteiger partial charge is 3.00 e. The van der Waals surface area contributed by atoms with Crippen molar-refractivity contribution in [2.75, 3.05) is 0 Å². The molecule has 0 atom stereocenters. The fourth-order valence-electron chi connectivity index (χ4n) is 9.77. The summed E-state index contributed by atoms with van der Waals surface area (Å²) in [4.78, 5) is 51.2. The van der Waals surface area contributed by atoms with Crippen LogP contribution in [0, 0.1) is 149 Å². The molecule has 0 bridgehead atoms. The van der Waals surface area contributed by atoms with Crippen LogP contribution in [-0.2, 0) is 105 Å². The average Bonchev–Trinajstić information content (AvgIpc) is 0.787. The van der Waals surface area contributed by atoms with E-state index in [9.17, 15) is 52.7 Å². The van der Waals surface area contributed by atoms with Crippen LogP contribution >= 0.6 is 0 Å². The van der Waals surface area contributed by atoms with Gasteiger partial charge in [0.05, 0.1) is 113 Å². The molecule has 129 heavy (non-hydrogen) atoms. The second-order valence-corrected chi connectivity index (χ2v) is 21.9. The zero-order valence-corrected chi connectivity index (χ0v) is 74.8. The molecule has 646 valence electrons. The zero-order chi connectivity index (χ0) is 95.2. The van der Waals surface area contributed by atoms with Gasteiger partial charge in [0.25, 0.3) is 0 Å². The van der Waals surface area contributed by atoms with E-state index < -0.39 is 69.7 Å². The van der Waals surface area contributed by atoms with E-state index in [2.05, 4.69) is 98.1 Å². The number of aromatic nitrogens is 12. The molecular formula is C89H50F12Ir4N24. The molecule has 12 aromatic heterocycles. The van der Waals surface area contributed by atoms with Gasteiger partial charge in [-0.25, -0.2) is 19.9 Å². The van der Waals surface area contributed by atoms with Crippen LogP contribution in [0.15, 0.2) is 286 Å². The zero-order valence-electron chi connectivity index (χ0n) is 65.2. The number of alkyl halides is 12. The van der Waals surface area contributed by atoms with Gasteiger partial charge in [-0.1, -0.05) is 84.4 Å². The van der Waals surface area contributed by atoms with Crippen molar-refractivity contribution in [3.05, 3.63) is 393 Å². The Kier molecular flexibility index (Phi) is 65.5. The van der Waals surface area contributed by atoms with Crippen LogP contribution in [0.4, 0.5) is 52.7 Å². The first-order chi connectivity index (χ1) is 60.5. The maximum atomic E-state index is 13.3. The summed E-state index contributed by atoms with van der Waals surface area (Å²) in [7, 11) is 0. The number of aryl methyl sites for hydroxylation is 1. The third-order valence-electron chi connectivity index (χ3n) is 14.7. The van der Waals surface area contributed by atoms with Crippen molar-refractivity contribution in [2.45, 2.75) is 31.6 Å². The minimum absolute atomic E-state index is 0. The van der Waals surface area contributed by atoms with Crippen molar-refractivity contribution in [1.29, 1.82) is 63.1 Å². The van der Waals surface area contributed by atoms with E-state index in [1.165, 1.54) is 17.7 Å². The molecule has 0 N–H and O–H groups in total. The Labute approximate surface area is 788 Å². The number of nitrogens with zero attached hydrogens (tertiary/aromatic N) is 24. The van der Waals surface area contributed by atoms with E-state index >= 15 is 0 Å². The molecule has 0 spiro atoms. The maximum Gasteiger partial charge on any atom is 3.00 e. The Balaban J connectivity index is -0.000000361. The third-order valence-corrected chi connectivity index (χ3v) is 14.7. The number of benzene rings is 2. The van der Waals surface area contributed by atoms with E-state index in [-0.39, 0.29) is 80.4 Å². The van der Waals surface area contributed by atoms with Crippen LogP contribution in [0.25, 0.3) is 113 Å². The normalized spacial score (nSPS) is 9.12. The van der Waals surface area contributed by atoms with Gasteiger partial charge in [0, 0.05) is 49.6 Å². The molecule has 0 saturated carbocycles. The van der Waals surface area contributed by atoms with Crippen LogP contribution in [0.5, 0.6) is 0 Å². The Morgan fingerprint density at radius 1 is 0.178 bits per heavy atom. The summed E-state index contributed by atoms with van der Waals surface area (Å²) in [5, 5.41) is 75.0. The minimum atomic E-state index is -4.95. The van der Waals surface area contributed by atoms with E-state index in [0.717, 1.165) is 86.8 Å². The fraction of sp³-hybridized carbons (Fsp3) is 0.0562. The Hall–Kier alpha value is -16.1. The molecule has 12 heterocycles. The molecule has 24 nitrogen and oxygen atoms in total. The molecule has 0 fully saturated rings. The SMILES string of the molecule is Cc1ccc(-c2cc(-c3ccccn3)nc(-c3ccccn3)c2)cc1.FC(F)(F)c1ccc(-c2cc(-c3ccccn3)nc(-c3ccccn3)c2)cc1.FC(F)(F)c1ccnc(-c2cc(C(F)(F)F)cc(-c3cc(C(F)(F)F)ccn3)n2)c1.[C-]#N.[C-]#N.[C-]#N.[C-]#N.[C-]#N.[C-]#N.[C-]#N.[C-]#N.[C-]#N.[C-]#N.[C-]#N.[C-]#N.[Ir+3].[Ir+3].[Ir+3].[Ir+3].c1ccc(-c2cccc(-c3ccccn3)n2)nc1. The van der Waals surface area contributed by atoms with Crippen LogP contribution in [0.2, 0.25) is 0 Å². The Morgan fingerprint density at radius 2 is 0.372 bits per heavy atom. The van der Waals surface area contributed by atoms with E-state index in [1.54, 1.807) is 37.2 Å². The van der Waals surface area contributed by atoms with E-state index in [0.29, 0.717) is 64.7 Å². The first kappa shape index (κ1) is 124. The summed E-state index contributed by atoms with van der Waals surface area (Å²) in [6.45, 7) is 59.1. The molecule has 0 radical (unpaired) electrons. The van der Waals surface area contributed by atoms with Crippen molar-refractivity contribution in [3.8, 4) is 113 Å². The quantitative estimate of drug-likeness (QED) is 0.0906. The minimum Gasteiger partial charge on any atom is -0.512 e. The summed E-state index contributed by atoms with van der Waals surface area (Å²) >= 11 is 0. The molecule has 0 unspecified atom stereocenters. The molecule has 0 aliphatic carbocycles. The van der Waals surface area contributed by atoms with Crippen LogP contribution in [0.3, 0.4) is 0 Å². The summed E-state index contributed by atoms with van der Waals surface area (Å²) < 4.78 is 156. The first-order valence-corrected chi connectivity index (χ1v) is 33.1. The number of halogens is 12. The van der Waals surface area contributed by atoms with E-state index in [4.69, 9.17) is 147 Å². The summed E-state index contributed by atoms with van der Waals surface area (Å²) in [6.07, 6.45) is -6.96. The molecule has 2 aromatic carbocycles. The van der Waals surface area contributed by atoms with Crippen molar-refractivity contribution in [3.63, 3.8) is 0 Å². The summed E-state index contributed by atoms with van der Waals surface area (Å²) in [5.74, 6) is 0. The molecule has 0 aliphatic rings. The number of hydrogen-bond acceptors (Lipinski definition) is 24. The van der Waals surface area contributed by atoms with E-state index in [1.807, 2.05) is 140 Å². The van der Waals surface area contributed by atoms with Gasteiger partial charge < -0.3 is 142 Å². The standard InChI is InChI=1S/C22H14F3N3.C22H17N3.C18H8F9N3.C15H11N3.12CN.4Ir/c23-22(24,25)17-9-7-15(8-10-17)16-13-20(18-5-1-3-11-26-18)28-21(14-16)19-6-2-4-12-27-19;1-16-8-10-17(11-9-16)18-14-21(19-6-2-4-12-23-19)25-22(15-18)20-7-3-5-13-24-20;19-16(20,21)9-1-3-28-12(5-9)14-7-11(18(25,26)27)8-15(30-14)13-6-10(2-4-29-13)17(22,23)24;1-3-10-16-12(6-1)14-8-5-9-15(18-14)13-7-2-4-11-17-13;12*1-2;;;;/h1-14H;2-15H,1H3;1-8H;1-11H;;;;;;;;;;;;;;;;/q;;;;12*-1;4*+3. The molecule has 40 heteroatoms. The topological polar surface area (TPSA) is 440 Å². The molecule has 0 aliphatic heterocycles. The predicted molar refractivity (Wildman–Crippen MR) is 418 cm³/mol. The second kappa shape index (κ2) is 68.3. The van der Waals surface area contributed by atoms with Crippen molar-refractivity contribution in [2.24, 2.45) is 0 Å². The van der Waals surface area contributed by atoms with Crippen molar-refractivity contribution >= 4 is 0 Å². The molecular weight excluding hydrogens is 2400 g/mol. The predicted octanol–water partition coefficient (Wildman–Crippen LogP) is 21.7. The van der Waals surface area contributed by atoms with Gasteiger partial charge in [-0.2, -0.15) is 52.7 Å². The van der Waals surface area contributed by atoms with Gasteiger partial charge in [-0.05, 0) is 187 Å². The summed E-state index contributed by atoms with van der Waals surface area (Å²) in [5.41, 5.74) is 7.71. The third kappa shape index (κ3) is 40.8. The Bertz CT molecular complexity index is 5380. The maximum absolute atomic E-state index is 13.3. The molecule has 0 saturated heterocycles. The van der Waals surface area contributed by atoms with Gasteiger partial charge in [0.1, 0.15) is 0 Å². The smallest absolute Gasteiger partial charge is 0.512 e. The average molecular weight is 2450 g/mol. The van der Waals surface area contributed by atoms with Gasteiger partial charge >= 0.3 is 105 Å². The fourth-order valence-corrected chi connectivity index (χ4v) is 9.77. The molecule has 14 rings (SSSR count). The number of hydrogen-bond donors (Lipinski definition) is 0. The summed E-state index contributed by atoms with van der Waals surface area (Å²) in [6, 6.07) is 64.7. The van der Waals surface area contributed by atoms with Gasteiger partial charge in [0.2, 0.25) is 0 Å². The Morgan fingerprint density at radius 3 is 0.597 bits per heavy atom. The number of pyridine rings is 12. The number of rotatable bonds is 10. The molecule has 14 aromatic rings. The molecule has 0 amide bonds. The van der Waals surface area contributed by atoms with Crippen LogP contribution in [0.1, 0.15) is 27.8 Å². The first-order valence-electron chi connectivity index (χ1n) is 33.1.